The van der Waals surface area contributed by atoms with Gasteiger partial charge in [0.2, 0.25) is 5.91 Å². The van der Waals surface area contributed by atoms with Gasteiger partial charge in [0.1, 0.15) is 5.75 Å². The van der Waals surface area contributed by atoms with Crippen LogP contribution < -0.4 is 10.1 Å². The predicted octanol–water partition coefficient (Wildman–Crippen LogP) is 3.51. The fourth-order valence-corrected chi connectivity index (χ4v) is 3.50. The first-order valence-corrected chi connectivity index (χ1v) is 8.23. The number of nitrogens with zero attached hydrogens (tertiary/aromatic N) is 1. The fraction of sp³-hybridized carbons (Fsp3) is 0.250. The molecule has 1 unspecified atom stereocenters. The molecule has 2 heterocycles. The minimum absolute atomic E-state index is 0.0575. The van der Waals surface area contributed by atoms with Crippen molar-refractivity contribution in [3.8, 4) is 5.75 Å². The normalized spacial score (nSPS) is 19.0. The number of fused-ring (bicyclic) bond motifs is 3. The van der Waals surface area contributed by atoms with Gasteiger partial charge in [-0.05, 0) is 29.7 Å². The van der Waals surface area contributed by atoms with Crippen molar-refractivity contribution in [1.29, 1.82) is 0 Å². The molecule has 2 aliphatic rings. The number of rotatable bonds is 3. The Kier molecular flexibility index (Phi) is 3.73. The maximum Gasteiger partial charge on any atom is 0.232 e. The molecule has 2 aliphatic heterocycles. The summed E-state index contributed by atoms with van der Waals surface area (Å²) in [5.74, 6) is 0.782. The minimum atomic E-state index is -0.0575. The van der Waals surface area contributed by atoms with Gasteiger partial charge < -0.3 is 15.0 Å². The highest BCUT2D eigenvalue weighted by Crippen LogP contribution is 2.40. The van der Waals surface area contributed by atoms with E-state index in [-0.39, 0.29) is 11.8 Å². The Morgan fingerprint density at radius 3 is 2.83 bits per heavy atom. The lowest BCUT2D eigenvalue weighted by Gasteiger charge is -2.35. The molecule has 122 valence electrons. The van der Waals surface area contributed by atoms with Gasteiger partial charge in [-0.1, -0.05) is 30.3 Å². The van der Waals surface area contributed by atoms with Gasteiger partial charge in [0.05, 0.1) is 18.7 Å². The minimum Gasteiger partial charge on any atom is -0.497 e. The highest BCUT2D eigenvalue weighted by atomic mass is 16.5. The van der Waals surface area contributed by atoms with Crippen LogP contribution in [0.3, 0.4) is 0 Å². The van der Waals surface area contributed by atoms with E-state index in [1.807, 2.05) is 24.3 Å². The number of methoxy groups -OCH3 is 1. The van der Waals surface area contributed by atoms with Crippen LogP contribution in [0, 0.1) is 5.92 Å². The van der Waals surface area contributed by atoms with Gasteiger partial charge in [-0.3, -0.25) is 4.79 Å². The Morgan fingerprint density at radius 1 is 1.21 bits per heavy atom. The van der Waals surface area contributed by atoms with E-state index in [4.69, 9.17) is 4.74 Å². The number of carbonyl (C=O) groups excluding carboxylic acids is 1. The lowest BCUT2D eigenvalue weighted by molar-refractivity contribution is -0.118. The zero-order valence-electron chi connectivity index (χ0n) is 13.7. The molecule has 4 rings (SSSR count). The number of nitrogens with one attached hydrogen (secondary N) is 1. The number of anilines is 1. The van der Waals surface area contributed by atoms with Crippen molar-refractivity contribution >= 4 is 17.2 Å². The van der Waals surface area contributed by atoms with Crippen molar-refractivity contribution in [3.63, 3.8) is 0 Å². The van der Waals surface area contributed by atoms with Crippen LogP contribution in [0.2, 0.25) is 0 Å². The van der Waals surface area contributed by atoms with Crippen LogP contribution in [0.4, 0.5) is 5.69 Å². The van der Waals surface area contributed by atoms with Crippen LogP contribution in [0.5, 0.6) is 5.75 Å². The molecule has 1 N–H and O–H groups in total. The molecular formula is C20H20N2O2. The number of hydrogen-bond acceptors (Lipinski definition) is 3. The molecular weight excluding hydrogens is 300 g/mol. The molecule has 0 spiro atoms. The van der Waals surface area contributed by atoms with Crippen molar-refractivity contribution in [2.45, 2.75) is 13.0 Å². The molecule has 1 amide bonds. The molecule has 2 aromatic rings. The molecule has 0 saturated carbocycles. The molecule has 1 atom stereocenters. The van der Waals surface area contributed by atoms with Gasteiger partial charge in [0.15, 0.2) is 0 Å². The lowest BCUT2D eigenvalue weighted by Crippen LogP contribution is -2.36. The van der Waals surface area contributed by atoms with E-state index >= 15 is 0 Å². The van der Waals surface area contributed by atoms with Crippen molar-refractivity contribution in [1.82, 2.24) is 4.90 Å². The van der Waals surface area contributed by atoms with Crippen LogP contribution >= 0.6 is 0 Å². The molecule has 4 heteroatoms. The van der Waals surface area contributed by atoms with Crippen LogP contribution in [0.25, 0.3) is 5.57 Å². The van der Waals surface area contributed by atoms with E-state index in [2.05, 4.69) is 40.7 Å². The van der Waals surface area contributed by atoms with E-state index in [0.29, 0.717) is 0 Å². The number of ether oxygens (including phenoxy) is 1. The first-order chi connectivity index (χ1) is 11.7. The Balaban J connectivity index is 1.68. The second kappa shape index (κ2) is 6.04. The summed E-state index contributed by atoms with van der Waals surface area (Å²) in [5.41, 5.74) is 4.32. The Hall–Kier alpha value is -2.75. The van der Waals surface area contributed by atoms with Crippen LogP contribution in [-0.4, -0.2) is 24.5 Å². The monoisotopic (exact) mass is 320 g/mol. The molecule has 0 aromatic heterocycles. The molecule has 2 aromatic carbocycles. The van der Waals surface area contributed by atoms with Gasteiger partial charge in [0, 0.05) is 30.9 Å². The topological polar surface area (TPSA) is 41.6 Å². The third-order valence-corrected chi connectivity index (χ3v) is 4.74. The van der Waals surface area contributed by atoms with Crippen LogP contribution in [0.1, 0.15) is 17.5 Å². The standard InChI is InChI=1S/C20H20N2O2/c1-24-15-7-8-16-18-13-22(12-14-5-3-2-4-6-14)10-9-17(18)20(23)21-19(16)11-15/h2-8,11,13,17H,9-10,12H2,1H3,(H,21,23). The van der Waals surface area contributed by atoms with Crippen molar-refractivity contribution in [2.75, 3.05) is 19.0 Å². The van der Waals surface area contributed by atoms with Crippen molar-refractivity contribution in [3.05, 3.63) is 65.9 Å². The average Bonchev–Trinajstić information content (AvgIpc) is 2.62. The summed E-state index contributed by atoms with van der Waals surface area (Å²) in [4.78, 5) is 14.7. The number of hydrogen-bond donors (Lipinski definition) is 1. The summed E-state index contributed by atoms with van der Waals surface area (Å²) in [6, 6.07) is 16.3. The summed E-state index contributed by atoms with van der Waals surface area (Å²) in [6.07, 6.45) is 3.00. The highest BCUT2D eigenvalue weighted by molar-refractivity contribution is 6.07. The van der Waals surface area contributed by atoms with E-state index < -0.39 is 0 Å². The highest BCUT2D eigenvalue weighted by Gasteiger charge is 2.34. The van der Waals surface area contributed by atoms with Crippen molar-refractivity contribution in [2.24, 2.45) is 5.92 Å². The SMILES string of the molecule is COc1ccc2c(c1)NC(=O)C1CCN(Cc3ccccc3)C=C21. The van der Waals surface area contributed by atoms with Crippen LogP contribution in [0.15, 0.2) is 54.7 Å². The van der Waals surface area contributed by atoms with Gasteiger partial charge >= 0.3 is 0 Å². The Morgan fingerprint density at radius 2 is 2.04 bits per heavy atom. The van der Waals surface area contributed by atoms with E-state index in [1.54, 1.807) is 7.11 Å². The Labute approximate surface area is 141 Å². The Bertz CT molecular complexity index is 799. The lowest BCUT2D eigenvalue weighted by atomic mass is 9.83. The smallest absolute Gasteiger partial charge is 0.232 e. The summed E-state index contributed by atoms with van der Waals surface area (Å²) in [6.45, 7) is 1.76. The van der Waals surface area contributed by atoms with E-state index in [1.165, 1.54) is 5.56 Å². The quantitative estimate of drug-likeness (QED) is 0.941. The van der Waals surface area contributed by atoms with Gasteiger partial charge in [-0.15, -0.1) is 0 Å². The van der Waals surface area contributed by atoms with E-state index in [0.717, 1.165) is 42.1 Å². The third-order valence-electron chi connectivity index (χ3n) is 4.74. The first kappa shape index (κ1) is 14.8. The molecule has 0 bridgehead atoms. The summed E-state index contributed by atoms with van der Waals surface area (Å²) < 4.78 is 5.27. The zero-order chi connectivity index (χ0) is 16.5. The van der Waals surface area contributed by atoms with Gasteiger partial charge in [0.25, 0.3) is 0 Å². The summed E-state index contributed by atoms with van der Waals surface area (Å²) >= 11 is 0. The maximum atomic E-state index is 12.4. The fourth-order valence-electron chi connectivity index (χ4n) is 3.50. The third kappa shape index (κ3) is 2.64. The predicted molar refractivity (Wildman–Crippen MR) is 94.6 cm³/mol. The number of benzene rings is 2. The largest absolute Gasteiger partial charge is 0.497 e. The zero-order valence-corrected chi connectivity index (χ0v) is 13.7. The van der Waals surface area contributed by atoms with E-state index in [9.17, 15) is 4.79 Å². The molecule has 24 heavy (non-hydrogen) atoms. The first-order valence-electron chi connectivity index (χ1n) is 8.23. The molecule has 4 nitrogen and oxygen atoms in total. The van der Waals surface area contributed by atoms with Crippen molar-refractivity contribution < 1.29 is 9.53 Å². The average molecular weight is 320 g/mol. The number of carbonyl (C=O) groups is 1. The number of amides is 1. The maximum absolute atomic E-state index is 12.4. The molecule has 0 radical (unpaired) electrons. The second-order valence-corrected chi connectivity index (χ2v) is 6.28. The molecule has 0 saturated heterocycles. The molecule has 0 fully saturated rings. The van der Waals surface area contributed by atoms with Crippen LogP contribution in [-0.2, 0) is 11.3 Å². The molecule has 0 aliphatic carbocycles. The summed E-state index contributed by atoms with van der Waals surface area (Å²) in [7, 11) is 1.64. The van der Waals surface area contributed by atoms with Gasteiger partial charge in [-0.25, -0.2) is 0 Å². The second-order valence-electron chi connectivity index (χ2n) is 6.28. The van der Waals surface area contributed by atoms with Gasteiger partial charge in [-0.2, -0.15) is 0 Å². The summed E-state index contributed by atoms with van der Waals surface area (Å²) in [5, 5.41) is 3.02.